The lowest BCUT2D eigenvalue weighted by molar-refractivity contribution is -0.129. The van der Waals surface area contributed by atoms with Crippen LogP contribution in [0.1, 0.15) is 38.8 Å². The number of rotatable bonds is 9. The van der Waals surface area contributed by atoms with Crippen molar-refractivity contribution in [2.45, 2.75) is 24.8 Å². The van der Waals surface area contributed by atoms with Crippen LogP contribution in [0.4, 0.5) is 15.1 Å². The Hall–Kier alpha value is -4.96. The van der Waals surface area contributed by atoms with Gasteiger partial charge < -0.3 is 20.9 Å². The number of nitriles is 1. The second-order valence-corrected chi connectivity index (χ2v) is 12.9. The third kappa shape index (κ3) is 8.26. The van der Waals surface area contributed by atoms with E-state index < -0.39 is 17.6 Å². The first-order valence-electron chi connectivity index (χ1n) is 14.3. The van der Waals surface area contributed by atoms with Gasteiger partial charge in [0.05, 0.1) is 22.9 Å². The first-order chi connectivity index (χ1) is 22.6. The number of hydrogen-bond donors (Lipinski definition) is 3. The quantitative estimate of drug-likeness (QED) is 0.137. The largest absolute Gasteiger partial charge is 0.337 e. The Morgan fingerprint density at radius 2 is 1.83 bits per heavy atom. The third-order valence-electron chi connectivity index (χ3n) is 7.15. The topological polar surface area (TPSA) is 131 Å². The van der Waals surface area contributed by atoms with Crippen LogP contribution in [0.5, 0.6) is 0 Å². The van der Waals surface area contributed by atoms with E-state index in [-0.39, 0.29) is 33.9 Å². The van der Waals surface area contributed by atoms with E-state index >= 15 is 0 Å². The minimum absolute atomic E-state index is 0.0223. The molecule has 0 fully saturated rings. The second-order valence-electron chi connectivity index (χ2n) is 10.3. The fourth-order valence-electron chi connectivity index (χ4n) is 4.79. The second kappa shape index (κ2) is 15.1. The fraction of sp³-hybridized carbons (Fsp3) is 0.147. The number of fused-ring (bicyclic) bond motifs is 1. The molecule has 0 saturated heterocycles. The van der Waals surface area contributed by atoms with Crippen molar-refractivity contribution in [2.24, 2.45) is 0 Å². The van der Waals surface area contributed by atoms with Crippen molar-refractivity contribution >= 4 is 75.1 Å². The predicted octanol–water partition coefficient (Wildman–Crippen LogP) is 6.46. The van der Waals surface area contributed by atoms with Gasteiger partial charge in [-0.25, -0.2) is 4.39 Å². The van der Waals surface area contributed by atoms with Crippen LogP contribution in [-0.4, -0.2) is 40.8 Å². The molecule has 0 spiro atoms. The van der Waals surface area contributed by atoms with Crippen LogP contribution in [0, 0.1) is 17.1 Å². The minimum Gasteiger partial charge on any atom is -0.337 e. The molecule has 4 amide bonds. The highest BCUT2D eigenvalue weighted by molar-refractivity contribution is 8.00. The summed E-state index contributed by atoms with van der Waals surface area (Å²) in [6, 6.07) is 21.3. The molecule has 0 bridgehead atoms. The van der Waals surface area contributed by atoms with Gasteiger partial charge in [-0.05, 0) is 60.5 Å². The van der Waals surface area contributed by atoms with Crippen molar-refractivity contribution in [3.63, 3.8) is 0 Å². The number of thioether (sulfide) groups is 1. The molecular weight excluding hydrogens is 661 g/mol. The number of anilines is 2. The van der Waals surface area contributed by atoms with Crippen LogP contribution in [-0.2, 0) is 27.3 Å². The van der Waals surface area contributed by atoms with E-state index in [1.165, 1.54) is 54.3 Å². The smallest absolute Gasteiger partial charge is 0.272 e. The van der Waals surface area contributed by atoms with E-state index in [9.17, 15) is 28.8 Å². The van der Waals surface area contributed by atoms with E-state index in [2.05, 4.69) is 22.0 Å². The van der Waals surface area contributed by atoms with E-state index in [1.54, 1.807) is 59.5 Å². The normalized spacial score (nSPS) is 12.5. The fourth-order valence-corrected chi connectivity index (χ4v) is 6.99. The van der Waals surface area contributed by atoms with Gasteiger partial charge in [0.15, 0.2) is 0 Å². The summed E-state index contributed by atoms with van der Waals surface area (Å²) < 4.78 is 14.6. The van der Waals surface area contributed by atoms with Gasteiger partial charge in [-0.15, -0.1) is 23.1 Å². The molecule has 2 heterocycles. The number of nitrogens with zero attached hydrogens (tertiary/aromatic N) is 2. The van der Waals surface area contributed by atoms with Gasteiger partial charge >= 0.3 is 0 Å². The molecule has 0 unspecified atom stereocenters. The average Bonchev–Trinajstić information content (AvgIpc) is 3.41. The molecule has 13 heteroatoms. The van der Waals surface area contributed by atoms with Gasteiger partial charge in [-0.1, -0.05) is 41.9 Å². The third-order valence-corrected chi connectivity index (χ3v) is 9.60. The van der Waals surface area contributed by atoms with Crippen LogP contribution in [0.25, 0.3) is 6.08 Å². The number of thiophene rings is 1. The zero-order valence-electron chi connectivity index (χ0n) is 24.9. The van der Waals surface area contributed by atoms with Crippen LogP contribution in [0.3, 0.4) is 0 Å². The standard InChI is InChI=1S/C34H27ClFN5O4S2/c1-20(42)41-14-13-24-26(17-37)34(47-30(24)18-41)40-31(43)19-46-23-10-5-9-22(15-23)38-33(45)29(16-25-27(35)11-6-12-28(25)36)39-32(44)21-7-3-2-4-8-21/h2-12,15-16H,13-14,18-19H2,1H3,(H,38,45)(H,39,44)(H,40,43)/b29-16+. The number of nitrogens with one attached hydrogen (secondary N) is 3. The zero-order chi connectivity index (χ0) is 33.5. The van der Waals surface area contributed by atoms with E-state index in [0.717, 1.165) is 10.4 Å². The van der Waals surface area contributed by atoms with Crippen LogP contribution in [0.2, 0.25) is 5.02 Å². The highest BCUT2D eigenvalue weighted by atomic mass is 35.5. The summed E-state index contributed by atoms with van der Waals surface area (Å²) in [5.74, 6) is -2.30. The SMILES string of the molecule is CC(=O)N1CCc2c(sc(NC(=O)CSc3cccc(NC(=O)/C(=C\c4c(F)cccc4Cl)NC(=O)c4ccccc4)c3)c2C#N)C1. The van der Waals surface area contributed by atoms with E-state index in [4.69, 9.17) is 11.6 Å². The monoisotopic (exact) mass is 687 g/mol. The molecule has 0 aliphatic carbocycles. The Balaban J connectivity index is 1.27. The van der Waals surface area contributed by atoms with Crippen molar-refractivity contribution in [1.82, 2.24) is 10.2 Å². The Morgan fingerprint density at radius 3 is 2.55 bits per heavy atom. The molecule has 1 aliphatic rings. The van der Waals surface area contributed by atoms with Crippen molar-refractivity contribution in [3.05, 3.63) is 116 Å². The number of halogens is 2. The molecule has 9 nitrogen and oxygen atoms in total. The molecular formula is C34H27ClFN5O4S2. The molecule has 3 N–H and O–H groups in total. The molecule has 0 atom stereocenters. The highest BCUT2D eigenvalue weighted by Gasteiger charge is 2.26. The van der Waals surface area contributed by atoms with E-state index in [0.29, 0.717) is 46.2 Å². The lowest BCUT2D eigenvalue weighted by Crippen LogP contribution is -2.33. The van der Waals surface area contributed by atoms with Gasteiger partial charge in [-0.3, -0.25) is 19.2 Å². The molecule has 4 aromatic rings. The van der Waals surface area contributed by atoms with Gasteiger partial charge in [0.1, 0.15) is 22.6 Å². The van der Waals surface area contributed by atoms with Gasteiger partial charge in [-0.2, -0.15) is 5.26 Å². The number of carbonyl (C=O) groups is 4. The number of hydrogen-bond acceptors (Lipinski definition) is 7. The Labute approximate surface area is 283 Å². The molecule has 0 saturated carbocycles. The van der Waals surface area contributed by atoms with Crippen LogP contribution < -0.4 is 16.0 Å². The molecule has 238 valence electrons. The Morgan fingerprint density at radius 1 is 1.06 bits per heavy atom. The van der Waals surface area contributed by atoms with Gasteiger partial charge in [0.2, 0.25) is 11.8 Å². The minimum atomic E-state index is -0.720. The zero-order valence-corrected chi connectivity index (χ0v) is 27.3. The first-order valence-corrected chi connectivity index (χ1v) is 16.5. The molecule has 5 rings (SSSR count). The first kappa shape index (κ1) is 33.4. The van der Waals surface area contributed by atoms with Gasteiger partial charge in [0, 0.05) is 40.1 Å². The van der Waals surface area contributed by atoms with Crippen molar-refractivity contribution < 1.29 is 23.6 Å². The van der Waals surface area contributed by atoms with Crippen LogP contribution in [0.15, 0.2) is 83.4 Å². The number of benzene rings is 3. The van der Waals surface area contributed by atoms with Crippen molar-refractivity contribution in [2.75, 3.05) is 22.9 Å². The summed E-state index contributed by atoms with van der Waals surface area (Å²) in [7, 11) is 0. The summed E-state index contributed by atoms with van der Waals surface area (Å²) in [4.78, 5) is 54.3. The molecule has 1 aliphatic heterocycles. The lowest BCUT2D eigenvalue weighted by Gasteiger charge is -2.25. The maximum atomic E-state index is 14.6. The summed E-state index contributed by atoms with van der Waals surface area (Å²) in [6.45, 7) is 2.44. The van der Waals surface area contributed by atoms with Crippen molar-refractivity contribution in [3.8, 4) is 6.07 Å². The summed E-state index contributed by atoms with van der Waals surface area (Å²) in [5, 5.41) is 18.4. The summed E-state index contributed by atoms with van der Waals surface area (Å²) in [6.07, 6.45) is 1.73. The lowest BCUT2D eigenvalue weighted by atomic mass is 10.0. The maximum Gasteiger partial charge on any atom is 0.272 e. The number of carbonyl (C=O) groups excluding carboxylic acids is 4. The molecule has 0 radical (unpaired) electrons. The maximum absolute atomic E-state index is 14.6. The Kier molecular flexibility index (Phi) is 10.7. The average molecular weight is 688 g/mol. The van der Waals surface area contributed by atoms with Crippen LogP contribution >= 0.6 is 34.7 Å². The molecule has 3 aromatic carbocycles. The van der Waals surface area contributed by atoms with E-state index in [1.807, 2.05) is 0 Å². The summed E-state index contributed by atoms with van der Waals surface area (Å²) in [5.41, 5.74) is 1.66. The highest BCUT2D eigenvalue weighted by Crippen LogP contribution is 2.37. The van der Waals surface area contributed by atoms with Gasteiger partial charge in [0.25, 0.3) is 11.8 Å². The van der Waals surface area contributed by atoms with Crippen molar-refractivity contribution in [1.29, 1.82) is 5.26 Å². The number of amides is 4. The molecule has 47 heavy (non-hydrogen) atoms. The Bertz CT molecular complexity index is 1920. The molecule has 1 aromatic heterocycles. The predicted molar refractivity (Wildman–Crippen MR) is 182 cm³/mol. The summed E-state index contributed by atoms with van der Waals surface area (Å²) >= 11 is 8.71.